The number of hydrogen-bond donors (Lipinski definition) is 3. The highest BCUT2D eigenvalue weighted by Gasteiger charge is 2.31. The lowest BCUT2D eigenvalue weighted by atomic mass is 9.72. The SMILES string of the molecule is CCNC(=NCC1(CCO)CCCCC1)NCC1CCN(c2cccc(OC)c2)C1. The molecule has 1 saturated heterocycles. The Balaban J connectivity index is 1.53. The van der Waals surface area contributed by atoms with E-state index >= 15 is 0 Å². The molecule has 2 aliphatic rings. The Hall–Kier alpha value is -1.95. The van der Waals surface area contributed by atoms with Gasteiger partial charge in [-0.1, -0.05) is 25.3 Å². The lowest BCUT2D eigenvalue weighted by molar-refractivity contribution is 0.137. The first-order chi connectivity index (χ1) is 14.7. The number of rotatable bonds is 9. The summed E-state index contributed by atoms with van der Waals surface area (Å²) < 4.78 is 5.37. The Morgan fingerprint density at radius 1 is 1.27 bits per heavy atom. The summed E-state index contributed by atoms with van der Waals surface area (Å²) in [5.41, 5.74) is 1.42. The molecule has 6 heteroatoms. The second kappa shape index (κ2) is 11.4. The molecular formula is C24H40N4O2. The first kappa shape index (κ1) is 22.7. The summed E-state index contributed by atoms with van der Waals surface area (Å²) in [6, 6.07) is 8.33. The number of ether oxygens (including phenoxy) is 1. The molecule has 1 aromatic carbocycles. The average Bonchev–Trinajstić information content (AvgIpc) is 3.26. The predicted molar refractivity (Wildman–Crippen MR) is 125 cm³/mol. The number of aliphatic hydroxyl groups is 1. The van der Waals surface area contributed by atoms with Gasteiger partial charge in [0.15, 0.2) is 5.96 Å². The molecule has 0 spiro atoms. The van der Waals surface area contributed by atoms with Gasteiger partial charge >= 0.3 is 0 Å². The Bertz CT molecular complexity index is 667. The number of nitrogens with one attached hydrogen (secondary N) is 2. The van der Waals surface area contributed by atoms with Gasteiger partial charge in [0, 0.05) is 51.1 Å². The average molecular weight is 417 g/mol. The van der Waals surface area contributed by atoms with E-state index in [1.165, 1.54) is 44.2 Å². The molecule has 1 heterocycles. The van der Waals surface area contributed by atoms with Crippen LogP contribution in [0.5, 0.6) is 5.75 Å². The first-order valence-electron chi connectivity index (χ1n) is 11.7. The van der Waals surface area contributed by atoms with E-state index in [-0.39, 0.29) is 12.0 Å². The zero-order valence-electron chi connectivity index (χ0n) is 18.8. The summed E-state index contributed by atoms with van der Waals surface area (Å²) in [7, 11) is 1.72. The maximum atomic E-state index is 9.56. The van der Waals surface area contributed by atoms with Crippen molar-refractivity contribution in [3.8, 4) is 5.75 Å². The Labute approximate surface area is 182 Å². The van der Waals surface area contributed by atoms with Crippen LogP contribution in [0, 0.1) is 11.3 Å². The molecule has 168 valence electrons. The van der Waals surface area contributed by atoms with Crippen LogP contribution in [0.15, 0.2) is 29.3 Å². The number of nitrogens with zero attached hydrogens (tertiary/aromatic N) is 2. The van der Waals surface area contributed by atoms with Crippen molar-refractivity contribution < 1.29 is 9.84 Å². The second-order valence-electron chi connectivity index (χ2n) is 8.91. The quantitative estimate of drug-likeness (QED) is 0.425. The van der Waals surface area contributed by atoms with Crippen molar-refractivity contribution in [3.63, 3.8) is 0 Å². The molecule has 0 radical (unpaired) electrons. The molecule has 0 aromatic heterocycles. The minimum atomic E-state index is 0.186. The number of guanidine groups is 1. The lowest BCUT2D eigenvalue weighted by Gasteiger charge is -2.35. The van der Waals surface area contributed by atoms with Crippen LogP contribution in [0.25, 0.3) is 0 Å². The lowest BCUT2D eigenvalue weighted by Crippen LogP contribution is -2.41. The van der Waals surface area contributed by atoms with E-state index in [1.807, 2.05) is 6.07 Å². The van der Waals surface area contributed by atoms with E-state index in [9.17, 15) is 5.11 Å². The van der Waals surface area contributed by atoms with E-state index in [0.717, 1.165) is 50.9 Å². The van der Waals surface area contributed by atoms with Crippen LogP contribution >= 0.6 is 0 Å². The van der Waals surface area contributed by atoms with Crippen LogP contribution in [0.1, 0.15) is 51.9 Å². The highest BCUT2D eigenvalue weighted by molar-refractivity contribution is 5.79. The summed E-state index contributed by atoms with van der Waals surface area (Å²) in [5, 5.41) is 16.5. The fourth-order valence-electron chi connectivity index (χ4n) is 4.90. The largest absolute Gasteiger partial charge is 0.497 e. The van der Waals surface area contributed by atoms with Gasteiger partial charge in [0.1, 0.15) is 5.75 Å². The van der Waals surface area contributed by atoms with Crippen LogP contribution in [0.4, 0.5) is 5.69 Å². The number of hydrogen-bond acceptors (Lipinski definition) is 4. The summed E-state index contributed by atoms with van der Waals surface area (Å²) in [6.07, 6.45) is 8.28. The molecule has 3 N–H and O–H groups in total. The Morgan fingerprint density at radius 2 is 2.10 bits per heavy atom. The molecule has 1 unspecified atom stereocenters. The Kier molecular flexibility index (Phi) is 8.67. The summed E-state index contributed by atoms with van der Waals surface area (Å²) in [4.78, 5) is 7.38. The summed E-state index contributed by atoms with van der Waals surface area (Å²) >= 11 is 0. The van der Waals surface area contributed by atoms with Crippen molar-refractivity contribution in [1.29, 1.82) is 0 Å². The van der Waals surface area contributed by atoms with Crippen LogP contribution in [-0.2, 0) is 0 Å². The molecule has 6 nitrogen and oxygen atoms in total. The van der Waals surface area contributed by atoms with Gasteiger partial charge in [-0.2, -0.15) is 0 Å². The van der Waals surface area contributed by atoms with Crippen molar-refractivity contribution in [2.45, 2.75) is 51.9 Å². The smallest absolute Gasteiger partial charge is 0.191 e. The first-order valence-corrected chi connectivity index (χ1v) is 11.7. The van der Waals surface area contributed by atoms with Crippen LogP contribution in [-0.4, -0.2) is 57.5 Å². The zero-order chi connectivity index (χ0) is 21.2. The molecule has 0 bridgehead atoms. The normalized spacial score (nSPS) is 21.5. The van der Waals surface area contributed by atoms with E-state index < -0.39 is 0 Å². The molecular weight excluding hydrogens is 376 g/mol. The van der Waals surface area contributed by atoms with E-state index in [4.69, 9.17) is 9.73 Å². The van der Waals surface area contributed by atoms with E-state index in [1.54, 1.807) is 7.11 Å². The minimum Gasteiger partial charge on any atom is -0.497 e. The maximum Gasteiger partial charge on any atom is 0.191 e. The van der Waals surface area contributed by atoms with Gasteiger partial charge in [-0.3, -0.25) is 4.99 Å². The molecule has 30 heavy (non-hydrogen) atoms. The van der Waals surface area contributed by atoms with E-state index in [0.29, 0.717) is 5.92 Å². The fourth-order valence-corrected chi connectivity index (χ4v) is 4.90. The molecule has 1 saturated carbocycles. The fraction of sp³-hybridized carbons (Fsp3) is 0.708. The van der Waals surface area contributed by atoms with Gasteiger partial charge in [0.2, 0.25) is 0 Å². The van der Waals surface area contributed by atoms with Gasteiger partial charge in [-0.25, -0.2) is 0 Å². The van der Waals surface area contributed by atoms with Crippen molar-refractivity contribution >= 4 is 11.6 Å². The standard InChI is InChI=1S/C24H40N4O2/c1-3-25-23(27-19-24(13-15-29)11-5-4-6-12-24)26-17-20-10-14-28(18-20)21-8-7-9-22(16-21)30-2/h7-9,16,20,29H,3-6,10-15,17-19H2,1-2H3,(H2,25,26,27). The van der Waals surface area contributed by atoms with Crippen LogP contribution < -0.4 is 20.3 Å². The monoisotopic (exact) mass is 416 g/mol. The van der Waals surface area contributed by atoms with Gasteiger partial charge in [-0.05, 0) is 56.1 Å². The zero-order valence-corrected chi connectivity index (χ0v) is 18.8. The highest BCUT2D eigenvalue weighted by Crippen LogP contribution is 2.39. The van der Waals surface area contributed by atoms with Crippen molar-refractivity contribution in [1.82, 2.24) is 10.6 Å². The number of methoxy groups -OCH3 is 1. The number of aliphatic imine (C=N–C) groups is 1. The second-order valence-corrected chi connectivity index (χ2v) is 8.91. The van der Waals surface area contributed by atoms with Gasteiger partial charge in [0.25, 0.3) is 0 Å². The van der Waals surface area contributed by atoms with Crippen molar-refractivity contribution in [2.24, 2.45) is 16.3 Å². The molecule has 1 aliphatic heterocycles. The van der Waals surface area contributed by atoms with Gasteiger partial charge < -0.3 is 25.4 Å². The van der Waals surface area contributed by atoms with Crippen LogP contribution in [0.2, 0.25) is 0 Å². The van der Waals surface area contributed by atoms with Crippen molar-refractivity contribution in [2.75, 3.05) is 51.3 Å². The molecule has 2 fully saturated rings. The summed E-state index contributed by atoms with van der Waals surface area (Å²) in [6.45, 7) is 7.10. The van der Waals surface area contributed by atoms with Crippen LogP contribution in [0.3, 0.4) is 0 Å². The third-order valence-electron chi connectivity index (χ3n) is 6.74. The maximum absolute atomic E-state index is 9.56. The highest BCUT2D eigenvalue weighted by atomic mass is 16.5. The third kappa shape index (κ3) is 6.27. The number of anilines is 1. The predicted octanol–water partition coefficient (Wildman–Crippen LogP) is 3.41. The summed E-state index contributed by atoms with van der Waals surface area (Å²) in [5.74, 6) is 2.43. The molecule has 3 rings (SSSR count). The number of benzene rings is 1. The van der Waals surface area contributed by atoms with Gasteiger partial charge in [-0.15, -0.1) is 0 Å². The minimum absolute atomic E-state index is 0.186. The molecule has 1 atom stereocenters. The van der Waals surface area contributed by atoms with Gasteiger partial charge in [0.05, 0.1) is 7.11 Å². The molecule has 0 amide bonds. The van der Waals surface area contributed by atoms with Crippen molar-refractivity contribution in [3.05, 3.63) is 24.3 Å². The number of aliphatic hydroxyl groups excluding tert-OH is 1. The van der Waals surface area contributed by atoms with E-state index in [2.05, 4.69) is 40.7 Å². The Morgan fingerprint density at radius 3 is 2.83 bits per heavy atom. The third-order valence-corrected chi connectivity index (χ3v) is 6.74. The topological polar surface area (TPSA) is 69.1 Å². The molecule has 1 aromatic rings. The molecule has 1 aliphatic carbocycles.